The zero-order chi connectivity index (χ0) is 13.8. The van der Waals surface area contributed by atoms with Gasteiger partial charge in [0.05, 0.1) is 12.2 Å². The normalized spacial score (nSPS) is 22.4. The molecule has 19 heavy (non-hydrogen) atoms. The lowest BCUT2D eigenvalue weighted by atomic mass is 9.88. The highest BCUT2D eigenvalue weighted by molar-refractivity contribution is 4.81. The third-order valence-corrected chi connectivity index (χ3v) is 4.22. The van der Waals surface area contributed by atoms with Gasteiger partial charge in [0.1, 0.15) is 0 Å². The molecular weight excluding hydrogens is 238 g/mol. The zero-order valence-electron chi connectivity index (χ0n) is 12.8. The first-order valence-electron chi connectivity index (χ1n) is 8.19. The van der Waals surface area contributed by atoms with E-state index in [4.69, 9.17) is 4.74 Å². The van der Waals surface area contributed by atoms with Gasteiger partial charge in [-0.15, -0.1) is 0 Å². The molecule has 0 aromatic heterocycles. The molecule has 0 heterocycles. The van der Waals surface area contributed by atoms with Crippen LogP contribution >= 0.6 is 0 Å². The molecule has 0 spiro atoms. The Morgan fingerprint density at radius 3 is 1.84 bits per heavy atom. The predicted octanol–water partition coefficient (Wildman–Crippen LogP) is 3.26. The van der Waals surface area contributed by atoms with E-state index in [1.807, 2.05) is 0 Å². The van der Waals surface area contributed by atoms with E-state index >= 15 is 0 Å². The minimum atomic E-state index is -0.493. The minimum absolute atomic E-state index is 0.493. The number of methoxy groups -OCH3 is 1. The summed E-state index contributed by atoms with van der Waals surface area (Å²) in [4.78, 5) is 0. The van der Waals surface area contributed by atoms with Crippen molar-refractivity contribution in [3.8, 4) is 0 Å². The van der Waals surface area contributed by atoms with Crippen molar-refractivity contribution < 1.29 is 9.84 Å². The average molecular weight is 271 g/mol. The third kappa shape index (κ3) is 8.61. The lowest BCUT2D eigenvalue weighted by Gasteiger charge is -2.29. The Balaban J connectivity index is 2.31. The molecule has 1 saturated carbocycles. The van der Waals surface area contributed by atoms with Crippen LogP contribution in [0.4, 0.5) is 0 Å². The number of hydrogen-bond donors (Lipinski definition) is 2. The van der Waals surface area contributed by atoms with Crippen molar-refractivity contribution >= 4 is 0 Å². The zero-order valence-corrected chi connectivity index (χ0v) is 12.8. The summed E-state index contributed by atoms with van der Waals surface area (Å²) in [6.07, 6.45) is 13.6. The summed E-state index contributed by atoms with van der Waals surface area (Å²) in [7, 11) is 1.71. The first kappa shape index (κ1) is 16.9. The quantitative estimate of drug-likeness (QED) is 0.754. The van der Waals surface area contributed by atoms with Gasteiger partial charge in [0, 0.05) is 20.2 Å². The molecule has 114 valence electrons. The van der Waals surface area contributed by atoms with Crippen LogP contribution in [0.5, 0.6) is 0 Å². The molecule has 1 aliphatic carbocycles. The van der Waals surface area contributed by atoms with Crippen LogP contribution in [0.1, 0.15) is 70.6 Å². The lowest BCUT2D eigenvalue weighted by Crippen LogP contribution is -2.41. The van der Waals surface area contributed by atoms with E-state index in [1.165, 1.54) is 57.8 Å². The van der Waals surface area contributed by atoms with Crippen molar-refractivity contribution in [3.05, 3.63) is 0 Å². The van der Waals surface area contributed by atoms with E-state index in [1.54, 1.807) is 7.11 Å². The molecule has 3 heteroatoms. The molecule has 0 aliphatic heterocycles. The Bertz CT molecular complexity index is 191. The van der Waals surface area contributed by atoms with Gasteiger partial charge in [0.2, 0.25) is 0 Å². The van der Waals surface area contributed by atoms with E-state index in [0.29, 0.717) is 0 Å². The summed E-state index contributed by atoms with van der Waals surface area (Å²) in [6.45, 7) is 2.27. The Morgan fingerprint density at radius 1 is 0.895 bits per heavy atom. The fourth-order valence-corrected chi connectivity index (χ4v) is 2.94. The van der Waals surface area contributed by atoms with E-state index < -0.39 is 5.60 Å². The molecule has 1 rings (SSSR count). The number of hydrogen-bond acceptors (Lipinski definition) is 3. The predicted molar refractivity (Wildman–Crippen MR) is 80.5 cm³/mol. The smallest absolute Gasteiger partial charge is 0.0771 e. The maximum atomic E-state index is 10.8. The molecule has 0 bridgehead atoms. The average Bonchev–Trinajstić information content (AvgIpc) is 2.39. The molecule has 1 aliphatic rings. The van der Waals surface area contributed by atoms with Crippen LogP contribution in [0.3, 0.4) is 0 Å². The fourth-order valence-electron chi connectivity index (χ4n) is 2.94. The highest BCUT2D eigenvalue weighted by Crippen LogP contribution is 2.24. The molecule has 0 saturated heterocycles. The van der Waals surface area contributed by atoms with Gasteiger partial charge in [0.25, 0.3) is 0 Å². The molecule has 1 fully saturated rings. The largest absolute Gasteiger partial charge is 0.389 e. The Hall–Kier alpha value is -0.120. The van der Waals surface area contributed by atoms with Crippen LogP contribution in [-0.4, -0.2) is 37.5 Å². The first-order chi connectivity index (χ1) is 9.27. The maximum absolute atomic E-state index is 10.8. The molecule has 0 atom stereocenters. The van der Waals surface area contributed by atoms with Gasteiger partial charge < -0.3 is 15.2 Å². The monoisotopic (exact) mass is 271 g/mol. The standard InChI is InChI=1S/C16H33NO2/c1-19-14-13-17-15-16(18)11-9-7-5-3-2-4-6-8-10-12-16/h17-18H,2-15H2,1H3. The molecule has 0 unspecified atom stereocenters. The topological polar surface area (TPSA) is 41.5 Å². The van der Waals surface area contributed by atoms with Crippen molar-refractivity contribution in [1.29, 1.82) is 0 Å². The summed E-state index contributed by atoms with van der Waals surface area (Å²) >= 11 is 0. The molecule has 0 aromatic carbocycles. The third-order valence-electron chi connectivity index (χ3n) is 4.22. The van der Waals surface area contributed by atoms with E-state index in [9.17, 15) is 5.11 Å². The van der Waals surface area contributed by atoms with Crippen molar-refractivity contribution in [2.24, 2.45) is 0 Å². The second kappa shape index (κ2) is 10.6. The van der Waals surface area contributed by atoms with Gasteiger partial charge in [0.15, 0.2) is 0 Å². The van der Waals surface area contributed by atoms with Gasteiger partial charge in [-0.25, -0.2) is 0 Å². The van der Waals surface area contributed by atoms with Gasteiger partial charge in [-0.2, -0.15) is 0 Å². The number of nitrogens with one attached hydrogen (secondary N) is 1. The summed E-state index contributed by atoms with van der Waals surface area (Å²) in [6, 6.07) is 0. The van der Waals surface area contributed by atoms with Crippen LogP contribution in [0.25, 0.3) is 0 Å². The first-order valence-corrected chi connectivity index (χ1v) is 8.19. The van der Waals surface area contributed by atoms with Crippen LogP contribution in [0, 0.1) is 0 Å². The van der Waals surface area contributed by atoms with E-state index in [2.05, 4.69) is 5.32 Å². The Labute approximate surface area is 119 Å². The summed E-state index contributed by atoms with van der Waals surface area (Å²) in [5, 5.41) is 14.1. The van der Waals surface area contributed by atoms with Crippen LogP contribution < -0.4 is 5.32 Å². The van der Waals surface area contributed by atoms with Crippen LogP contribution in [0.15, 0.2) is 0 Å². The van der Waals surface area contributed by atoms with E-state index in [-0.39, 0.29) is 0 Å². The maximum Gasteiger partial charge on any atom is 0.0771 e. The highest BCUT2D eigenvalue weighted by Gasteiger charge is 2.25. The Kier molecular flexibility index (Phi) is 9.48. The molecular formula is C16H33NO2. The van der Waals surface area contributed by atoms with Gasteiger partial charge in [-0.1, -0.05) is 57.8 Å². The van der Waals surface area contributed by atoms with Gasteiger partial charge in [-0.05, 0) is 12.8 Å². The second-order valence-electron chi connectivity index (χ2n) is 6.08. The highest BCUT2D eigenvalue weighted by atomic mass is 16.5. The minimum Gasteiger partial charge on any atom is -0.389 e. The molecule has 0 amide bonds. The van der Waals surface area contributed by atoms with Crippen molar-refractivity contribution in [3.63, 3.8) is 0 Å². The number of ether oxygens (including phenoxy) is 1. The van der Waals surface area contributed by atoms with Gasteiger partial charge >= 0.3 is 0 Å². The van der Waals surface area contributed by atoms with Crippen LogP contribution in [-0.2, 0) is 4.74 Å². The summed E-state index contributed by atoms with van der Waals surface area (Å²) < 4.78 is 5.03. The van der Waals surface area contributed by atoms with Gasteiger partial charge in [-0.3, -0.25) is 0 Å². The fraction of sp³-hybridized carbons (Fsp3) is 1.00. The molecule has 0 aromatic rings. The van der Waals surface area contributed by atoms with E-state index in [0.717, 1.165) is 32.5 Å². The van der Waals surface area contributed by atoms with Crippen LogP contribution in [0.2, 0.25) is 0 Å². The molecule has 3 nitrogen and oxygen atoms in total. The number of rotatable bonds is 5. The number of aliphatic hydroxyl groups is 1. The summed E-state index contributed by atoms with van der Waals surface area (Å²) in [5.74, 6) is 0. The van der Waals surface area contributed by atoms with Crippen molar-refractivity contribution in [2.45, 2.75) is 76.2 Å². The summed E-state index contributed by atoms with van der Waals surface area (Å²) in [5.41, 5.74) is -0.493. The molecule has 0 radical (unpaired) electrons. The lowest BCUT2D eigenvalue weighted by molar-refractivity contribution is 0.0168. The Morgan fingerprint density at radius 2 is 1.37 bits per heavy atom. The second-order valence-corrected chi connectivity index (χ2v) is 6.08. The van der Waals surface area contributed by atoms with Crippen molar-refractivity contribution in [2.75, 3.05) is 26.8 Å². The SMILES string of the molecule is COCCNCC1(O)CCCCCCCCCCC1. The molecule has 2 N–H and O–H groups in total. The van der Waals surface area contributed by atoms with Crippen molar-refractivity contribution in [1.82, 2.24) is 5.32 Å².